The molecule has 2 atom stereocenters. The molecule has 0 unspecified atom stereocenters. The van der Waals surface area contributed by atoms with Gasteiger partial charge >= 0.3 is 0 Å². The Hall–Kier alpha value is -3.53. The Morgan fingerprint density at radius 3 is 2.67 bits per heavy atom. The summed E-state index contributed by atoms with van der Waals surface area (Å²) in [6.45, 7) is 0.248. The predicted molar refractivity (Wildman–Crippen MR) is 116 cm³/mol. The molecule has 33 heavy (non-hydrogen) atoms. The molecule has 0 spiro atoms. The number of alkyl halides is 2. The summed E-state index contributed by atoms with van der Waals surface area (Å²) in [6, 6.07) is 5.75. The fourth-order valence-electron chi connectivity index (χ4n) is 4.82. The molecule has 2 saturated heterocycles. The zero-order valence-electron chi connectivity index (χ0n) is 17.8. The summed E-state index contributed by atoms with van der Waals surface area (Å²) in [4.78, 5) is 28.4. The molecule has 2 aliphatic heterocycles. The van der Waals surface area contributed by atoms with Gasteiger partial charge < -0.3 is 9.64 Å². The number of piperidine rings is 1. The van der Waals surface area contributed by atoms with Gasteiger partial charge in [0.2, 0.25) is 0 Å². The largest absolute Gasteiger partial charge is 0.377 e. The summed E-state index contributed by atoms with van der Waals surface area (Å²) in [5.74, 6) is -3.06. The molecule has 3 aromatic heterocycles. The van der Waals surface area contributed by atoms with Gasteiger partial charge in [0, 0.05) is 48.8 Å². The van der Waals surface area contributed by atoms with E-state index >= 15 is 0 Å². The smallest absolute Gasteiger partial charge is 0.254 e. The van der Waals surface area contributed by atoms with E-state index in [9.17, 15) is 13.6 Å². The maximum Gasteiger partial charge on any atom is 0.254 e. The van der Waals surface area contributed by atoms with E-state index in [0.717, 1.165) is 10.9 Å². The lowest BCUT2D eigenvalue weighted by atomic mass is 9.90. The lowest BCUT2D eigenvalue weighted by Crippen LogP contribution is -2.61. The van der Waals surface area contributed by atoms with E-state index in [1.807, 2.05) is 19.3 Å². The summed E-state index contributed by atoms with van der Waals surface area (Å²) in [5, 5.41) is 5.16. The number of rotatable bonds is 2. The average molecular weight is 450 g/mol. The van der Waals surface area contributed by atoms with Gasteiger partial charge in [-0.05, 0) is 24.3 Å². The van der Waals surface area contributed by atoms with E-state index in [4.69, 9.17) is 9.72 Å². The zero-order chi connectivity index (χ0) is 22.7. The number of morpholine rings is 1. The third kappa shape index (κ3) is 3.50. The molecule has 0 N–H and O–H groups in total. The number of hydrogen-bond donors (Lipinski definition) is 0. The molecule has 1 amide bonds. The molecule has 10 heteroatoms. The number of ether oxygens (including phenoxy) is 1. The number of hydrogen-bond acceptors (Lipinski definition) is 6. The SMILES string of the molecule is Cn1cc2cc(-c3cnc4ccc(C(=O)N5[C@@H]6COC[C@@H]5CC(F)(F)C6)cc4n3)cnc2n1. The van der Waals surface area contributed by atoms with Crippen LogP contribution in [0.1, 0.15) is 23.2 Å². The topological polar surface area (TPSA) is 86.0 Å². The fourth-order valence-corrected chi connectivity index (χ4v) is 4.82. The van der Waals surface area contributed by atoms with E-state index < -0.39 is 18.0 Å². The third-order valence-electron chi connectivity index (χ3n) is 6.27. The minimum Gasteiger partial charge on any atom is -0.377 e. The van der Waals surface area contributed by atoms with Crippen LogP contribution < -0.4 is 0 Å². The molecule has 0 radical (unpaired) electrons. The number of fused-ring (bicyclic) bond motifs is 4. The molecule has 8 nitrogen and oxygen atoms in total. The Balaban J connectivity index is 1.35. The number of carbonyl (C=O) groups is 1. The lowest BCUT2D eigenvalue weighted by molar-refractivity contribution is -0.145. The molecule has 1 aromatic carbocycles. The van der Waals surface area contributed by atoms with Gasteiger partial charge in [-0.15, -0.1) is 0 Å². The first kappa shape index (κ1) is 20.1. The second kappa shape index (κ2) is 7.24. The summed E-state index contributed by atoms with van der Waals surface area (Å²) in [5.41, 5.74) is 3.63. The van der Waals surface area contributed by atoms with Crippen LogP contribution in [0.5, 0.6) is 0 Å². The van der Waals surface area contributed by atoms with Crippen LogP contribution in [0.2, 0.25) is 0 Å². The van der Waals surface area contributed by atoms with Gasteiger partial charge in [-0.2, -0.15) is 5.10 Å². The molecule has 2 aliphatic rings. The molecular weight excluding hydrogens is 430 g/mol. The summed E-state index contributed by atoms with van der Waals surface area (Å²) in [6.07, 6.45) is 4.47. The standard InChI is InChI=1S/C23H20F2N6O2/c1-30-10-15-4-14(8-27-21(15)29-30)20-9-26-18-3-2-13(5-19(18)28-20)22(32)31-16-6-23(24,25)7-17(31)12-33-11-16/h2-5,8-10,16-17H,6-7,11-12H2,1H3/t16-,17-/m0/s1. The van der Waals surface area contributed by atoms with Crippen molar-refractivity contribution in [2.75, 3.05) is 13.2 Å². The van der Waals surface area contributed by atoms with Crippen LogP contribution in [-0.4, -0.2) is 66.8 Å². The number of pyridine rings is 1. The van der Waals surface area contributed by atoms with Crippen LogP contribution in [0.25, 0.3) is 33.3 Å². The van der Waals surface area contributed by atoms with Crippen molar-refractivity contribution in [3.05, 3.63) is 48.4 Å². The average Bonchev–Trinajstić information content (AvgIpc) is 3.16. The Morgan fingerprint density at radius 2 is 1.88 bits per heavy atom. The van der Waals surface area contributed by atoms with Crippen LogP contribution in [-0.2, 0) is 11.8 Å². The van der Waals surface area contributed by atoms with Crippen molar-refractivity contribution in [3.63, 3.8) is 0 Å². The first-order chi connectivity index (χ1) is 15.9. The van der Waals surface area contributed by atoms with Gasteiger partial charge in [0.15, 0.2) is 5.65 Å². The van der Waals surface area contributed by atoms with E-state index in [1.165, 1.54) is 0 Å². The fraction of sp³-hybridized carbons (Fsp3) is 0.348. The molecule has 2 bridgehead atoms. The van der Waals surface area contributed by atoms with Crippen molar-refractivity contribution in [3.8, 4) is 11.3 Å². The molecule has 2 fully saturated rings. The first-order valence-electron chi connectivity index (χ1n) is 10.7. The van der Waals surface area contributed by atoms with Crippen molar-refractivity contribution in [1.29, 1.82) is 0 Å². The van der Waals surface area contributed by atoms with Gasteiger partial charge in [0.25, 0.3) is 11.8 Å². The number of amides is 1. The van der Waals surface area contributed by atoms with Crippen LogP contribution >= 0.6 is 0 Å². The molecule has 0 saturated carbocycles. The van der Waals surface area contributed by atoms with E-state index in [0.29, 0.717) is 27.9 Å². The lowest BCUT2D eigenvalue weighted by Gasteiger charge is -2.48. The maximum absolute atomic E-state index is 14.1. The number of carbonyl (C=O) groups excluding carboxylic acids is 1. The second-order valence-electron chi connectivity index (χ2n) is 8.72. The molecule has 168 valence electrons. The zero-order valence-corrected chi connectivity index (χ0v) is 17.8. The molecule has 4 aromatic rings. The van der Waals surface area contributed by atoms with Gasteiger partial charge in [-0.25, -0.2) is 18.7 Å². The highest BCUT2D eigenvalue weighted by Gasteiger charge is 2.49. The number of halogens is 2. The van der Waals surface area contributed by atoms with E-state index in [2.05, 4.69) is 15.1 Å². The number of aryl methyl sites for hydroxylation is 1. The third-order valence-corrected chi connectivity index (χ3v) is 6.27. The summed E-state index contributed by atoms with van der Waals surface area (Å²) >= 11 is 0. The Kier molecular flexibility index (Phi) is 4.41. The van der Waals surface area contributed by atoms with Crippen LogP contribution in [0, 0.1) is 0 Å². The van der Waals surface area contributed by atoms with Crippen LogP contribution in [0.4, 0.5) is 8.78 Å². The van der Waals surface area contributed by atoms with E-state index in [-0.39, 0.29) is 32.0 Å². The van der Waals surface area contributed by atoms with Gasteiger partial charge in [-0.1, -0.05) is 0 Å². The quantitative estimate of drug-likeness (QED) is 0.466. The number of benzene rings is 1. The van der Waals surface area contributed by atoms with Crippen molar-refractivity contribution in [2.24, 2.45) is 7.05 Å². The molecule has 0 aliphatic carbocycles. The maximum atomic E-state index is 14.1. The van der Waals surface area contributed by atoms with Crippen LogP contribution in [0.15, 0.2) is 42.9 Å². The second-order valence-corrected chi connectivity index (χ2v) is 8.72. The van der Waals surface area contributed by atoms with Gasteiger partial charge in [0.05, 0.1) is 48.2 Å². The minimum absolute atomic E-state index is 0.124. The van der Waals surface area contributed by atoms with Crippen molar-refractivity contribution in [2.45, 2.75) is 30.8 Å². The summed E-state index contributed by atoms with van der Waals surface area (Å²) < 4.78 is 35.3. The van der Waals surface area contributed by atoms with Gasteiger partial charge in [0.1, 0.15) is 0 Å². The monoisotopic (exact) mass is 450 g/mol. The number of nitrogens with zero attached hydrogens (tertiary/aromatic N) is 6. The predicted octanol–water partition coefficient (Wildman–Crippen LogP) is 3.22. The minimum atomic E-state index is -2.77. The van der Waals surface area contributed by atoms with Crippen LogP contribution in [0.3, 0.4) is 0 Å². The highest BCUT2D eigenvalue weighted by Crippen LogP contribution is 2.39. The molecular formula is C23H20F2N6O2. The summed E-state index contributed by atoms with van der Waals surface area (Å²) in [7, 11) is 1.83. The Labute approximate surface area is 187 Å². The first-order valence-corrected chi connectivity index (χ1v) is 10.7. The van der Waals surface area contributed by atoms with Crippen molar-refractivity contribution < 1.29 is 18.3 Å². The Bertz CT molecular complexity index is 1390. The van der Waals surface area contributed by atoms with Crippen molar-refractivity contribution >= 4 is 28.0 Å². The molecule has 6 rings (SSSR count). The highest BCUT2D eigenvalue weighted by molar-refractivity contribution is 5.98. The Morgan fingerprint density at radius 1 is 1.09 bits per heavy atom. The van der Waals surface area contributed by atoms with E-state index in [1.54, 1.807) is 40.2 Å². The van der Waals surface area contributed by atoms with Gasteiger partial charge in [-0.3, -0.25) is 14.5 Å². The molecule has 5 heterocycles. The highest BCUT2D eigenvalue weighted by atomic mass is 19.3. The normalized spacial score (nSPS) is 22.1. The van der Waals surface area contributed by atoms with Crippen molar-refractivity contribution in [1.82, 2.24) is 29.6 Å². The number of aromatic nitrogens is 5.